The number of hydrogen-bond acceptors (Lipinski definition) is 4. The van der Waals surface area contributed by atoms with Crippen molar-refractivity contribution < 1.29 is 0 Å². The topological polar surface area (TPSA) is 37.3 Å². The van der Waals surface area contributed by atoms with Gasteiger partial charge in [-0.2, -0.15) is 5.10 Å². The Hall–Kier alpha value is -1.98. The van der Waals surface area contributed by atoms with Gasteiger partial charge in [0.05, 0.1) is 11.4 Å². The van der Waals surface area contributed by atoms with Crippen molar-refractivity contribution in [2.45, 2.75) is 20.8 Å². The van der Waals surface area contributed by atoms with E-state index in [0.717, 1.165) is 26.6 Å². The highest BCUT2D eigenvalue weighted by Gasteiger charge is 2.07. The molecule has 0 saturated heterocycles. The van der Waals surface area contributed by atoms with Crippen molar-refractivity contribution in [3.63, 3.8) is 0 Å². The van der Waals surface area contributed by atoms with Gasteiger partial charge in [0.1, 0.15) is 0 Å². The molecule has 3 nitrogen and oxygen atoms in total. The van der Waals surface area contributed by atoms with Crippen LogP contribution in [0, 0.1) is 13.8 Å². The van der Waals surface area contributed by atoms with E-state index in [1.165, 1.54) is 16.7 Å². The maximum Gasteiger partial charge on any atom is 0.203 e. The van der Waals surface area contributed by atoms with Crippen LogP contribution >= 0.6 is 27.3 Å². The van der Waals surface area contributed by atoms with E-state index in [1.54, 1.807) is 11.3 Å². The predicted octanol–water partition coefficient (Wildman–Crippen LogP) is 6.03. The summed E-state index contributed by atoms with van der Waals surface area (Å²) in [5.74, 6) is 0. The van der Waals surface area contributed by atoms with Crippen LogP contribution in [0.25, 0.3) is 11.3 Å². The molecule has 24 heavy (non-hydrogen) atoms. The third-order valence-electron chi connectivity index (χ3n) is 3.75. The van der Waals surface area contributed by atoms with Gasteiger partial charge in [0.25, 0.3) is 0 Å². The van der Waals surface area contributed by atoms with E-state index in [0.29, 0.717) is 0 Å². The molecule has 0 bridgehead atoms. The van der Waals surface area contributed by atoms with E-state index < -0.39 is 0 Å². The summed E-state index contributed by atoms with van der Waals surface area (Å²) in [6, 6.07) is 14.5. The fraction of sp³-hybridized carbons (Fsp3) is 0.158. The Morgan fingerprint density at radius 2 is 1.88 bits per heavy atom. The van der Waals surface area contributed by atoms with Gasteiger partial charge >= 0.3 is 0 Å². The van der Waals surface area contributed by atoms with Crippen molar-refractivity contribution >= 4 is 38.1 Å². The molecule has 0 aliphatic rings. The van der Waals surface area contributed by atoms with Crippen LogP contribution in [0.5, 0.6) is 0 Å². The van der Waals surface area contributed by atoms with Crippen LogP contribution in [0.2, 0.25) is 0 Å². The largest absolute Gasteiger partial charge is 0.252 e. The lowest BCUT2D eigenvalue weighted by Gasteiger charge is -2.04. The van der Waals surface area contributed by atoms with Crippen LogP contribution in [0.4, 0.5) is 5.13 Å². The Labute approximate surface area is 154 Å². The highest BCUT2D eigenvalue weighted by molar-refractivity contribution is 9.10. The first-order valence-electron chi connectivity index (χ1n) is 7.62. The van der Waals surface area contributed by atoms with Gasteiger partial charge in [0.15, 0.2) is 0 Å². The van der Waals surface area contributed by atoms with Crippen LogP contribution in [0.1, 0.15) is 23.6 Å². The van der Waals surface area contributed by atoms with Crippen molar-refractivity contribution in [1.82, 2.24) is 4.98 Å². The fourth-order valence-electron chi connectivity index (χ4n) is 2.35. The third-order valence-corrected chi connectivity index (χ3v) is 5.03. The lowest BCUT2D eigenvalue weighted by atomic mass is 10.0. The molecule has 122 valence electrons. The molecular weight excluding hydrogens is 382 g/mol. The molecule has 3 rings (SSSR count). The summed E-state index contributed by atoms with van der Waals surface area (Å²) in [6.45, 7) is 6.19. The van der Waals surface area contributed by atoms with Crippen molar-refractivity contribution in [2.24, 2.45) is 5.10 Å². The van der Waals surface area contributed by atoms with Gasteiger partial charge in [-0.15, -0.1) is 11.3 Å². The quantitative estimate of drug-likeness (QED) is 0.429. The maximum absolute atomic E-state index is 4.66. The minimum atomic E-state index is 0.794. The number of aryl methyl sites for hydroxylation is 2. The molecule has 0 aliphatic carbocycles. The van der Waals surface area contributed by atoms with Crippen molar-refractivity contribution in [3.8, 4) is 11.3 Å². The van der Waals surface area contributed by atoms with Crippen LogP contribution in [-0.2, 0) is 0 Å². The van der Waals surface area contributed by atoms with E-state index in [1.807, 2.05) is 31.2 Å². The summed E-state index contributed by atoms with van der Waals surface area (Å²) in [5, 5.41) is 7.30. The number of nitrogens with zero attached hydrogens (tertiary/aromatic N) is 2. The number of benzene rings is 2. The zero-order chi connectivity index (χ0) is 17.1. The Bertz CT molecular complexity index is 882. The standard InChI is InChI=1S/C19H18BrN3S/c1-12-4-5-13(2)17(10-12)18-11-24-19(21-18)23-22-14(3)15-6-8-16(20)9-7-15/h4-11H,1-3H3,(H,21,23). The number of aromatic nitrogens is 1. The van der Waals surface area contributed by atoms with Gasteiger partial charge in [-0.05, 0) is 50.1 Å². The summed E-state index contributed by atoms with van der Waals surface area (Å²) in [4.78, 5) is 4.66. The molecule has 3 aromatic rings. The number of hydrogen-bond donors (Lipinski definition) is 1. The summed E-state index contributed by atoms with van der Waals surface area (Å²) in [6.07, 6.45) is 0. The molecule has 5 heteroatoms. The van der Waals surface area contributed by atoms with E-state index in [9.17, 15) is 0 Å². The number of rotatable bonds is 4. The minimum Gasteiger partial charge on any atom is -0.252 e. The fourth-order valence-corrected chi connectivity index (χ4v) is 3.26. The molecule has 1 aromatic heterocycles. The zero-order valence-corrected chi connectivity index (χ0v) is 16.2. The van der Waals surface area contributed by atoms with Gasteiger partial charge in [0.2, 0.25) is 5.13 Å². The second-order valence-electron chi connectivity index (χ2n) is 5.67. The molecule has 0 saturated carbocycles. The van der Waals surface area contributed by atoms with Gasteiger partial charge in [-0.3, -0.25) is 5.43 Å². The smallest absolute Gasteiger partial charge is 0.203 e. The lowest BCUT2D eigenvalue weighted by Crippen LogP contribution is -1.99. The van der Waals surface area contributed by atoms with Crippen molar-refractivity contribution in [3.05, 3.63) is 69.0 Å². The number of nitrogens with one attached hydrogen (secondary N) is 1. The minimum absolute atomic E-state index is 0.794. The predicted molar refractivity (Wildman–Crippen MR) is 107 cm³/mol. The van der Waals surface area contributed by atoms with E-state index in [-0.39, 0.29) is 0 Å². The normalized spacial score (nSPS) is 11.6. The molecule has 0 aliphatic heterocycles. The summed E-state index contributed by atoms with van der Waals surface area (Å²) in [5.41, 5.74) is 9.70. The van der Waals surface area contributed by atoms with E-state index >= 15 is 0 Å². The number of thiazole rings is 1. The lowest BCUT2D eigenvalue weighted by molar-refractivity contribution is 1.26. The summed E-state index contributed by atoms with van der Waals surface area (Å²) >= 11 is 5.00. The molecule has 0 atom stereocenters. The summed E-state index contributed by atoms with van der Waals surface area (Å²) in [7, 11) is 0. The van der Waals surface area contributed by atoms with E-state index in [2.05, 4.69) is 68.9 Å². The maximum atomic E-state index is 4.66. The summed E-state index contributed by atoms with van der Waals surface area (Å²) < 4.78 is 1.06. The molecule has 0 amide bonds. The number of anilines is 1. The molecule has 0 spiro atoms. The molecule has 0 radical (unpaired) electrons. The molecule has 0 fully saturated rings. The number of halogens is 1. The van der Waals surface area contributed by atoms with Crippen LogP contribution < -0.4 is 5.43 Å². The molecule has 2 aromatic carbocycles. The Kier molecular flexibility index (Phi) is 5.11. The SMILES string of the molecule is CC(=NNc1nc(-c2cc(C)ccc2C)cs1)c1ccc(Br)cc1. The van der Waals surface area contributed by atoms with Crippen LogP contribution in [-0.4, -0.2) is 10.7 Å². The first-order valence-corrected chi connectivity index (χ1v) is 9.29. The Morgan fingerprint density at radius 3 is 2.62 bits per heavy atom. The first kappa shape index (κ1) is 16.9. The average Bonchev–Trinajstić information content (AvgIpc) is 3.04. The Balaban J connectivity index is 1.77. The molecule has 1 heterocycles. The average molecular weight is 400 g/mol. The molecule has 0 unspecified atom stereocenters. The highest BCUT2D eigenvalue weighted by Crippen LogP contribution is 2.28. The van der Waals surface area contributed by atoms with Crippen LogP contribution in [0.3, 0.4) is 0 Å². The van der Waals surface area contributed by atoms with Crippen molar-refractivity contribution in [1.29, 1.82) is 0 Å². The van der Waals surface area contributed by atoms with Crippen molar-refractivity contribution in [2.75, 3.05) is 5.43 Å². The van der Waals surface area contributed by atoms with Gasteiger partial charge in [-0.25, -0.2) is 4.98 Å². The zero-order valence-electron chi connectivity index (χ0n) is 13.8. The third kappa shape index (κ3) is 3.91. The molecule has 1 N–H and O–H groups in total. The second kappa shape index (κ2) is 7.28. The monoisotopic (exact) mass is 399 g/mol. The Morgan fingerprint density at radius 1 is 1.12 bits per heavy atom. The second-order valence-corrected chi connectivity index (χ2v) is 7.45. The van der Waals surface area contributed by atoms with Gasteiger partial charge in [-0.1, -0.05) is 45.8 Å². The number of hydrazone groups is 1. The van der Waals surface area contributed by atoms with Gasteiger partial charge < -0.3 is 0 Å². The first-order chi connectivity index (χ1) is 11.5. The molecular formula is C19H18BrN3S. The highest BCUT2D eigenvalue weighted by atomic mass is 79.9. The van der Waals surface area contributed by atoms with E-state index in [4.69, 9.17) is 0 Å². The van der Waals surface area contributed by atoms with Crippen LogP contribution in [0.15, 0.2) is 57.4 Å². The van der Waals surface area contributed by atoms with Gasteiger partial charge in [0, 0.05) is 15.4 Å².